The molecule has 0 saturated carbocycles. The number of imide groups is 1. The van der Waals surface area contributed by atoms with Crippen LogP contribution in [0.3, 0.4) is 0 Å². The van der Waals surface area contributed by atoms with Crippen LogP contribution in [0.1, 0.15) is 36.5 Å². The molecule has 1 heterocycles. The third-order valence-corrected chi connectivity index (χ3v) is 5.90. The van der Waals surface area contributed by atoms with Crippen LogP contribution in [0.2, 0.25) is 0 Å². The molecule has 0 aromatic heterocycles. The number of rotatable bonds is 5. The van der Waals surface area contributed by atoms with Crippen LogP contribution < -0.4 is 11.1 Å². The van der Waals surface area contributed by atoms with E-state index in [4.69, 9.17) is 10.5 Å². The van der Waals surface area contributed by atoms with Crippen LogP contribution in [-0.4, -0.2) is 49.8 Å². The van der Waals surface area contributed by atoms with Crippen molar-refractivity contribution in [2.24, 2.45) is 5.73 Å². The van der Waals surface area contributed by atoms with Crippen molar-refractivity contribution in [3.05, 3.63) is 29.8 Å². The topological polar surface area (TPSA) is 136 Å². The van der Waals surface area contributed by atoms with Crippen molar-refractivity contribution in [1.29, 1.82) is 0 Å². The average molecular weight is 383 g/mol. The van der Waals surface area contributed by atoms with Crippen LogP contribution in [0.15, 0.2) is 29.2 Å². The lowest BCUT2D eigenvalue weighted by Crippen LogP contribution is -2.42. The Morgan fingerprint density at radius 3 is 2.38 bits per heavy atom. The fourth-order valence-corrected chi connectivity index (χ4v) is 4.30. The van der Waals surface area contributed by atoms with E-state index in [0.717, 1.165) is 19.3 Å². The summed E-state index contributed by atoms with van der Waals surface area (Å²) in [5.74, 6) is -1.88. The zero-order valence-corrected chi connectivity index (χ0v) is 15.1. The number of hydrogen-bond acceptors (Lipinski definition) is 6. The molecule has 1 aliphatic heterocycles. The van der Waals surface area contributed by atoms with Crippen LogP contribution in [-0.2, 0) is 19.6 Å². The number of primary amides is 1. The normalized spacial score (nSPS) is 16.5. The zero-order chi connectivity index (χ0) is 19.3. The Balaban J connectivity index is 2.24. The third kappa shape index (κ3) is 4.58. The van der Waals surface area contributed by atoms with Gasteiger partial charge in [0.1, 0.15) is 0 Å². The predicted molar refractivity (Wildman–Crippen MR) is 91.7 cm³/mol. The van der Waals surface area contributed by atoms with Crippen LogP contribution in [0.25, 0.3) is 0 Å². The van der Waals surface area contributed by atoms with Crippen molar-refractivity contribution in [2.45, 2.75) is 37.2 Å². The Morgan fingerprint density at radius 2 is 1.77 bits per heavy atom. The molecular formula is C16H21N3O6S. The molecule has 0 spiro atoms. The molecular weight excluding hydrogens is 362 g/mol. The number of nitrogens with one attached hydrogen (secondary N) is 1. The van der Waals surface area contributed by atoms with Gasteiger partial charge in [-0.1, -0.05) is 18.6 Å². The van der Waals surface area contributed by atoms with Gasteiger partial charge < -0.3 is 10.5 Å². The highest BCUT2D eigenvalue weighted by Gasteiger charge is 2.31. The highest BCUT2D eigenvalue weighted by Crippen LogP contribution is 2.24. The first-order chi connectivity index (χ1) is 12.2. The number of nitrogens with two attached hydrogens (primary N) is 1. The second-order valence-corrected chi connectivity index (χ2v) is 7.77. The molecule has 3 amide bonds. The minimum atomic E-state index is -3.85. The number of amides is 3. The SMILES string of the molecule is C[C@H](OC(=O)c1ccccc1S(=O)(=O)N1CCCCC1)C(=O)NC(N)=O. The molecule has 1 aromatic carbocycles. The minimum absolute atomic E-state index is 0.170. The summed E-state index contributed by atoms with van der Waals surface area (Å²) < 4.78 is 32.0. The van der Waals surface area contributed by atoms with Gasteiger partial charge in [0.25, 0.3) is 5.91 Å². The molecule has 0 bridgehead atoms. The summed E-state index contributed by atoms with van der Waals surface area (Å²) in [7, 11) is -3.85. The maximum absolute atomic E-state index is 12.9. The summed E-state index contributed by atoms with van der Waals surface area (Å²) in [4.78, 5) is 34.6. The second kappa shape index (κ2) is 8.28. The smallest absolute Gasteiger partial charge is 0.340 e. The molecule has 0 aliphatic carbocycles. The summed E-state index contributed by atoms with van der Waals surface area (Å²) in [6.45, 7) is 2.03. The summed E-state index contributed by atoms with van der Waals surface area (Å²) >= 11 is 0. The van der Waals surface area contributed by atoms with Gasteiger partial charge in [0.05, 0.1) is 10.5 Å². The number of esters is 1. The van der Waals surface area contributed by atoms with Crippen LogP contribution in [0, 0.1) is 0 Å². The minimum Gasteiger partial charge on any atom is -0.449 e. The summed E-state index contributed by atoms with van der Waals surface area (Å²) in [5, 5.41) is 1.79. The Labute approximate surface area is 151 Å². The first-order valence-corrected chi connectivity index (χ1v) is 9.58. The van der Waals surface area contributed by atoms with Gasteiger partial charge in [-0.2, -0.15) is 4.31 Å². The van der Waals surface area contributed by atoms with Crippen molar-refractivity contribution in [2.75, 3.05) is 13.1 Å². The standard InChI is InChI=1S/C16H21N3O6S/c1-11(14(20)18-16(17)22)25-15(21)12-7-3-4-8-13(12)26(23,24)19-9-5-2-6-10-19/h3-4,7-8,11H,2,5-6,9-10H2,1H3,(H3,17,18,20,22)/t11-/m0/s1. The van der Waals surface area contributed by atoms with Crippen molar-refractivity contribution in [3.8, 4) is 0 Å². The largest absolute Gasteiger partial charge is 0.449 e. The number of urea groups is 1. The van der Waals surface area contributed by atoms with Gasteiger partial charge in [-0.25, -0.2) is 18.0 Å². The number of piperidine rings is 1. The number of carbonyl (C=O) groups is 3. The molecule has 1 aliphatic rings. The van der Waals surface area contributed by atoms with E-state index in [0.29, 0.717) is 13.1 Å². The highest BCUT2D eigenvalue weighted by molar-refractivity contribution is 7.89. The highest BCUT2D eigenvalue weighted by atomic mass is 32.2. The van der Waals surface area contributed by atoms with Crippen molar-refractivity contribution in [3.63, 3.8) is 0 Å². The Kier molecular flexibility index (Phi) is 6.32. The number of hydrogen-bond donors (Lipinski definition) is 2. The van der Waals surface area contributed by atoms with E-state index in [1.165, 1.54) is 35.5 Å². The Morgan fingerprint density at radius 1 is 1.15 bits per heavy atom. The van der Waals surface area contributed by atoms with Crippen LogP contribution in [0.4, 0.5) is 4.79 Å². The van der Waals surface area contributed by atoms with E-state index >= 15 is 0 Å². The van der Waals surface area contributed by atoms with E-state index in [-0.39, 0.29) is 10.5 Å². The molecule has 142 valence electrons. The molecule has 26 heavy (non-hydrogen) atoms. The first kappa shape index (κ1) is 19.9. The number of nitrogens with zero attached hydrogens (tertiary/aromatic N) is 1. The summed E-state index contributed by atoms with van der Waals surface area (Å²) in [6, 6.07) is 4.58. The van der Waals surface area contributed by atoms with E-state index in [9.17, 15) is 22.8 Å². The zero-order valence-electron chi connectivity index (χ0n) is 14.3. The second-order valence-electron chi connectivity index (χ2n) is 5.86. The van der Waals surface area contributed by atoms with Crippen molar-refractivity contribution >= 4 is 27.9 Å². The van der Waals surface area contributed by atoms with Gasteiger partial charge in [0.15, 0.2) is 6.10 Å². The van der Waals surface area contributed by atoms with E-state index < -0.39 is 34.0 Å². The molecule has 0 radical (unpaired) electrons. The van der Waals surface area contributed by atoms with Gasteiger partial charge in [0, 0.05) is 13.1 Å². The molecule has 1 aromatic rings. The first-order valence-electron chi connectivity index (χ1n) is 8.14. The maximum Gasteiger partial charge on any atom is 0.340 e. The van der Waals surface area contributed by atoms with E-state index in [1.807, 2.05) is 0 Å². The average Bonchev–Trinajstić information content (AvgIpc) is 2.61. The maximum atomic E-state index is 12.9. The monoisotopic (exact) mass is 383 g/mol. The Hall–Kier alpha value is -2.46. The van der Waals surface area contributed by atoms with Gasteiger partial charge in [-0.3, -0.25) is 10.1 Å². The summed E-state index contributed by atoms with van der Waals surface area (Å²) in [6.07, 6.45) is 1.16. The number of benzene rings is 1. The van der Waals surface area contributed by atoms with Crippen LogP contribution >= 0.6 is 0 Å². The van der Waals surface area contributed by atoms with Gasteiger partial charge in [-0.05, 0) is 31.9 Å². The summed E-state index contributed by atoms with van der Waals surface area (Å²) in [5.41, 5.74) is 4.67. The fourth-order valence-electron chi connectivity index (χ4n) is 2.61. The molecule has 9 nitrogen and oxygen atoms in total. The molecule has 0 unspecified atom stereocenters. The number of sulfonamides is 1. The van der Waals surface area contributed by atoms with Crippen molar-refractivity contribution < 1.29 is 27.5 Å². The third-order valence-electron chi connectivity index (χ3n) is 3.94. The van der Waals surface area contributed by atoms with Gasteiger partial charge >= 0.3 is 12.0 Å². The van der Waals surface area contributed by atoms with Gasteiger partial charge in [-0.15, -0.1) is 0 Å². The lowest BCUT2D eigenvalue weighted by molar-refractivity contribution is -0.127. The molecule has 1 saturated heterocycles. The fraction of sp³-hybridized carbons (Fsp3) is 0.438. The molecule has 1 fully saturated rings. The lowest BCUT2D eigenvalue weighted by atomic mass is 10.2. The van der Waals surface area contributed by atoms with E-state index in [1.54, 1.807) is 5.32 Å². The Bertz CT molecular complexity index is 802. The number of ether oxygens (including phenoxy) is 1. The van der Waals surface area contributed by atoms with Gasteiger partial charge in [0.2, 0.25) is 10.0 Å². The van der Waals surface area contributed by atoms with Crippen molar-refractivity contribution in [1.82, 2.24) is 9.62 Å². The quantitative estimate of drug-likeness (QED) is 0.715. The van der Waals surface area contributed by atoms with E-state index in [2.05, 4.69) is 0 Å². The molecule has 10 heteroatoms. The molecule has 2 rings (SSSR count). The molecule has 3 N–H and O–H groups in total. The predicted octanol–water partition coefficient (Wildman–Crippen LogP) is 0.601. The lowest BCUT2D eigenvalue weighted by Gasteiger charge is -2.26. The number of carbonyl (C=O) groups excluding carboxylic acids is 3. The molecule has 1 atom stereocenters. The van der Waals surface area contributed by atoms with Crippen LogP contribution in [0.5, 0.6) is 0 Å².